The van der Waals surface area contributed by atoms with Crippen LogP contribution < -0.4 is 14.8 Å². The molecule has 3 nitrogen and oxygen atoms in total. The van der Waals surface area contributed by atoms with Crippen LogP contribution in [0.15, 0.2) is 24.3 Å². The monoisotopic (exact) mass is 223 g/mol. The normalized spacial score (nSPS) is 12.2. The Bertz CT molecular complexity index is 302. The minimum Gasteiger partial charge on any atom is -0.494 e. The largest absolute Gasteiger partial charge is 0.494 e. The van der Waals surface area contributed by atoms with Crippen LogP contribution in [0.1, 0.15) is 20.3 Å². The van der Waals surface area contributed by atoms with E-state index < -0.39 is 0 Å². The van der Waals surface area contributed by atoms with Crippen molar-refractivity contribution in [2.45, 2.75) is 26.4 Å². The van der Waals surface area contributed by atoms with Crippen LogP contribution in [0, 0.1) is 0 Å². The number of likely N-dealkylation sites (N-methyl/N-ethyl adjacent to an activating group) is 1. The molecule has 0 heterocycles. The van der Waals surface area contributed by atoms with Crippen LogP contribution in [0.25, 0.3) is 0 Å². The molecule has 0 saturated heterocycles. The summed E-state index contributed by atoms with van der Waals surface area (Å²) in [6, 6.07) is 7.78. The molecular weight excluding hydrogens is 202 g/mol. The quantitative estimate of drug-likeness (QED) is 0.770. The number of nitrogens with one attached hydrogen (secondary N) is 1. The van der Waals surface area contributed by atoms with Crippen LogP contribution in [-0.4, -0.2) is 26.3 Å². The molecule has 1 aromatic carbocycles. The van der Waals surface area contributed by atoms with Gasteiger partial charge in [0.15, 0.2) is 0 Å². The summed E-state index contributed by atoms with van der Waals surface area (Å²) in [4.78, 5) is 0. The van der Waals surface area contributed by atoms with Gasteiger partial charge in [-0.2, -0.15) is 0 Å². The average molecular weight is 223 g/mol. The zero-order valence-corrected chi connectivity index (χ0v) is 10.3. The Balaban J connectivity index is 2.60. The van der Waals surface area contributed by atoms with Crippen LogP contribution in [0.4, 0.5) is 0 Å². The van der Waals surface area contributed by atoms with E-state index >= 15 is 0 Å². The van der Waals surface area contributed by atoms with E-state index in [0.29, 0.717) is 6.61 Å². The molecule has 1 rings (SSSR count). The van der Waals surface area contributed by atoms with Crippen LogP contribution in [-0.2, 0) is 0 Å². The van der Waals surface area contributed by atoms with Crippen LogP contribution >= 0.6 is 0 Å². The highest BCUT2D eigenvalue weighted by atomic mass is 16.5. The van der Waals surface area contributed by atoms with E-state index in [1.165, 1.54) is 0 Å². The average Bonchev–Trinajstić information content (AvgIpc) is 2.29. The molecule has 1 atom stereocenters. The summed E-state index contributed by atoms with van der Waals surface area (Å²) in [7, 11) is 1.93. The van der Waals surface area contributed by atoms with Gasteiger partial charge in [0.05, 0.1) is 6.61 Å². The van der Waals surface area contributed by atoms with Gasteiger partial charge in [-0.05, 0) is 32.5 Å². The van der Waals surface area contributed by atoms with Crippen molar-refractivity contribution in [1.82, 2.24) is 5.32 Å². The number of rotatable bonds is 7. The molecule has 90 valence electrons. The molecule has 0 saturated carbocycles. The second-order valence-corrected chi connectivity index (χ2v) is 3.61. The molecule has 0 aliphatic carbocycles. The summed E-state index contributed by atoms with van der Waals surface area (Å²) in [6.45, 7) is 5.63. The van der Waals surface area contributed by atoms with Crippen molar-refractivity contribution < 1.29 is 9.47 Å². The summed E-state index contributed by atoms with van der Waals surface area (Å²) < 4.78 is 11.3. The van der Waals surface area contributed by atoms with E-state index in [-0.39, 0.29) is 6.10 Å². The number of hydrogen-bond acceptors (Lipinski definition) is 3. The Morgan fingerprint density at radius 1 is 1.25 bits per heavy atom. The molecule has 0 bridgehead atoms. The highest BCUT2D eigenvalue weighted by molar-refractivity contribution is 5.33. The number of hydrogen-bond donors (Lipinski definition) is 1. The first kappa shape index (κ1) is 12.8. The van der Waals surface area contributed by atoms with Crippen LogP contribution in [0.3, 0.4) is 0 Å². The highest BCUT2D eigenvalue weighted by Crippen LogP contribution is 2.20. The Hall–Kier alpha value is -1.22. The van der Waals surface area contributed by atoms with Crippen molar-refractivity contribution in [2.75, 3.05) is 20.2 Å². The minimum atomic E-state index is 0.210. The third-order valence-corrected chi connectivity index (χ3v) is 2.31. The van der Waals surface area contributed by atoms with Crippen molar-refractivity contribution in [3.8, 4) is 11.5 Å². The first-order valence-electron chi connectivity index (χ1n) is 5.84. The molecule has 16 heavy (non-hydrogen) atoms. The molecule has 1 unspecified atom stereocenters. The standard InChI is InChI=1S/C13H21NO2/c1-4-11(10-14-3)16-13-8-6-7-12(9-13)15-5-2/h6-9,11,14H,4-5,10H2,1-3H3. The fourth-order valence-electron chi connectivity index (χ4n) is 1.49. The molecule has 1 N–H and O–H groups in total. The Kier molecular flexibility index (Phi) is 5.72. The van der Waals surface area contributed by atoms with Crippen molar-refractivity contribution in [2.24, 2.45) is 0 Å². The maximum absolute atomic E-state index is 5.85. The van der Waals surface area contributed by atoms with E-state index in [9.17, 15) is 0 Å². The first-order chi connectivity index (χ1) is 7.80. The lowest BCUT2D eigenvalue weighted by atomic mass is 10.2. The van der Waals surface area contributed by atoms with Gasteiger partial charge in [-0.3, -0.25) is 0 Å². The van der Waals surface area contributed by atoms with Gasteiger partial charge >= 0.3 is 0 Å². The molecule has 0 amide bonds. The maximum atomic E-state index is 5.85. The van der Waals surface area contributed by atoms with Gasteiger partial charge in [0, 0.05) is 12.6 Å². The molecule has 0 spiro atoms. The van der Waals surface area contributed by atoms with Gasteiger partial charge < -0.3 is 14.8 Å². The molecule has 0 aliphatic rings. The fraction of sp³-hybridized carbons (Fsp3) is 0.538. The molecule has 3 heteroatoms. The van der Waals surface area contributed by atoms with Gasteiger partial charge in [0.2, 0.25) is 0 Å². The topological polar surface area (TPSA) is 30.5 Å². The van der Waals surface area contributed by atoms with Crippen molar-refractivity contribution in [3.63, 3.8) is 0 Å². The summed E-state index contributed by atoms with van der Waals surface area (Å²) in [5, 5.41) is 3.12. The van der Waals surface area contributed by atoms with E-state index in [2.05, 4.69) is 12.2 Å². The van der Waals surface area contributed by atoms with Gasteiger partial charge in [0.25, 0.3) is 0 Å². The summed E-state index contributed by atoms with van der Waals surface area (Å²) in [6.07, 6.45) is 1.20. The minimum absolute atomic E-state index is 0.210. The molecule has 0 fully saturated rings. The van der Waals surface area contributed by atoms with Crippen molar-refractivity contribution in [3.05, 3.63) is 24.3 Å². The van der Waals surface area contributed by atoms with Gasteiger partial charge in [-0.15, -0.1) is 0 Å². The maximum Gasteiger partial charge on any atom is 0.123 e. The van der Waals surface area contributed by atoms with E-state index in [1.54, 1.807) is 0 Å². The predicted octanol–water partition coefficient (Wildman–Crippen LogP) is 2.46. The van der Waals surface area contributed by atoms with Gasteiger partial charge in [-0.25, -0.2) is 0 Å². The SMILES string of the molecule is CCOc1cccc(OC(CC)CNC)c1. The molecule has 1 aromatic rings. The summed E-state index contributed by atoms with van der Waals surface area (Å²) in [5.74, 6) is 1.73. The third-order valence-electron chi connectivity index (χ3n) is 2.31. The lowest BCUT2D eigenvalue weighted by Crippen LogP contribution is -2.28. The van der Waals surface area contributed by atoms with Gasteiger partial charge in [0.1, 0.15) is 17.6 Å². The third kappa shape index (κ3) is 4.11. The lowest BCUT2D eigenvalue weighted by molar-refractivity contribution is 0.195. The Labute approximate surface area is 97.8 Å². The van der Waals surface area contributed by atoms with Crippen molar-refractivity contribution in [1.29, 1.82) is 0 Å². The molecule has 0 aromatic heterocycles. The van der Waals surface area contributed by atoms with E-state index in [4.69, 9.17) is 9.47 Å². The second-order valence-electron chi connectivity index (χ2n) is 3.61. The number of benzene rings is 1. The van der Waals surface area contributed by atoms with Gasteiger partial charge in [-0.1, -0.05) is 13.0 Å². The second kappa shape index (κ2) is 7.12. The Morgan fingerprint density at radius 3 is 2.62 bits per heavy atom. The smallest absolute Gasteiger partial charge is 0.123 e. The zero-order valence-electron chi connectivity index (χ0n) is 10.3. The Morgan fingerprint density at radius 2 is 2.00 bits per heavy atom. The zero-order chi connectivity index (χ0) is 11.8. The molecule has 0 aliphatic heterocycles. The van der Waals surface area contributed by atoms with E-state index in [0.717, 1.165) is 24.5 Å². The first-order valence-corrected chi connectivity index (χ1v) is 5.84. The van der Waals surface area contributed by atoms with E-state index in [1.807, 2.05) is 38.2 Å². The van der Waals surface area contributed by atoms with Crippen LogP contribution in [0.5, 0.6) is 11.5 Å². The van der Waals surface area contributed by atoms with Crippen LogP contribution in [0.2, 0.25) is 0 Å². The highest BCUT2D eigenvalue weighted by Gasteiger charge is 2.07. The summed E-state index contributed by atoms with van der Waals surface area (Å²) >= 11 is 0. The van der Waals surface area contributed by atoms with Crippen molar-refractivity contribution >= 4 is 0 Å². The summed E-state index contributed by atoms with van der Waals surface area (Å²) in [5.41, 5.74) is 0. The lowest BCUT2D eigenvalue weighted by Gasteiger charge is -2.17. The molecular formula is C13H21NO2. The predicted molar refractivity (Wildman–Crippen MR) is 66.2 cm³/mol. The molecule has 0 radical (unpaired) electrons. The number of ether oxygens (including phenoxy) is 2. The fourth-order valence-corrected chi connectivity index (χ4v) is 1.49.